The second-order valence-corrected chi connectivity index (χ2v) is 7.26. The summed E-state index contributed by atoms with van der Waals surface area (Å²) in [6, 6.07) is 11.8. The minimum Gasteiger partial charge on any atom is -0.495 e. The Balaban J connectivity index is 2.44. The molecule has 1 amide bonds. The van der Waals surface area contributed by atoms with E-state index < -0.39 is 22.0 Å². The molecule has 2 aromatic rings. The van der Waals surface area contributed by atoms with Gasteiger partial charge in [-0.05, 0) is 23.8 Å². The molecule has 0 spiro atoms. The van der Waals surface area contributed by atoms with Gasteiger partial charge in [0.05, 0.1) is 7.11 Å². The standard InChI is InChI=1S/C15H15BrN2O4S/c1-22-12-8-7-11(16)9-13(12)23(20,21)18-14(15(17)19)10-5-3-2-4-6-10/h2-9,14,18H,1H3,(H2,17,19). The lowest BCUT2D eigenvalue weighted by atomic mass is 10.1. The molecule has 8 heteroatoms. The number of primary amides is 1. The summed E-state index contributed by atoms with van der Waals surface area (Å²) in [6.45, 7) is 0. The molecule has 1 atom stereocenters. The monoisotopic (exact) mass is 398 g/mol. The number of hydrogen-bond acceptors (Lipinski definition) is 4. The van der Waals surface area contributed by atoms with Crippen LogP contribution in [0, 0.1) is 0 Å². The predicted octanol–water partition coefficient (Wildman–Crippen LogP) is 1.96. The van der Waals surface area contributed by atoms with E-state index in [1.807, 2.05) is 0 Å². The topological polar surface area (TPSA) is 98.5 Å². The Labute approximate surface area is 142 Å². The van der Waals surface area contributed by atoms with Gasteiger partial charge in [-0.1, -0.05) is 46.3 Å². The molecule has 122 valence electrons. The van der Waals surface area contributed by atoms with E-state index in [2.05, 4.69) is 20.7 Å². The summed E-state index contributed by atoms with van der Waals surface area (Å²) in [5.74, 6) is -0.634. The summed E-state index contributed by atoms with van der Waals surface area (Å²) < 4.78 is 33.2. The van der Waals surface area contributed by atoms with Crippen LogP contribution in [0.3, 0.4) is 0 Å². The van der Waals surface area contributed by atoms with Crippen molar-refractivity contribution in [3.8, 4) is 5.75 Å². The van der Waals surface area contributed by atoms with Gasteiger partial charge < -0.3 is 10.5 Å². The van der Waals surface area contributed by atoms with Crippen molar-refractivity contribution in [1.29, 1.82) is 0 Å². The highest BCUT2D eigenvalue weighted by molar-refractivity contribution is 9.10. The number of amides is 1. The van der Waals surface area contributed by atoms with Gasteiger partial charge in [0.1, 0.15) is 16.7 Å². The van der Waals surface area contributed by atoms with Crippen LogP contribution in [0.15, 0.2) is 57.9 Å². The molecule has 0 aliphatic carbocycles. The molecular formula is C15H15BrN2O4S. The highest BCUT2D eigenvalue weighted by Gasteiger charge is 2.27. The van der Waals surface area contributed by atoms with E-state index in [1.54, 1.807) is 36.4 Å². The first-order chi connectivity index (χ1) is 10.8. The van der Waals surface area contributed by atoms with E-state index in [-0.39, 0.29) is 10.6 Å². The Hall–Kier alpha value is -1.90. The van der Waals surface area contributed by atoms with Crippen LogP contribution >= 0.6 is 15.9 Å². The average molecular weight is 399 g/mol. The fourth-order valence-electron chi connectivity index (χ4n) is 2.02. The lowest BCUT2D eigenvalue weighted by Crippen LogP contribution is -2.37. The van der Waals surface area contributed by atoms with Crippen molar-refractivity contribution in [3.05, 3.63) is 58.6 Å². The fraction of sp³-hybridized carbons (Fsp3) is 0.133. The smallest absolute Gasteiger partial charge is 0.245 e. The highest BCUT2D eigenvalue weighted by atomic mass is 79.9. The number of halogens is 1. The normalized spacial score (nSPS) is 12.6. The maximum atomic E-state index is 12.6. The minimum absolute atomic E-state index is 0.0865. The number of carbonyl (C=O) groups is 1. The second-order valence-electron chi connectivity index (χ2n) is 4.66. The van der Waals surface area contributed by atoms with Crippen molar-refractivity contribution in [2.75, 3.05) is 7.11 Å². The molecule has 0 saturated carbocycles. The number of benzene rings is 2. The first-order valence-electron chi connectivity index (χ1n) is 6.55. The molecule has 2 rings (SSSR count). The molecule has 0 heterocycles. The van der Waals surface area contributed by atoms with Gasteiger partial charge in [-0.25, -0.2) is 8.42 Å². The van der Waals surface area contributed by atoms with Crippen molar-refractivity contribution in [2.45, 2.75) is 10.9 Å². The van der Waals surface area contributed by atoms with Crippen LogP contribution in [-0.2, 0) is 14.8 Å². The largest absolute Gasteiger partial charge is 0.495 e. The maximum Gasteiger partial charge on any atom is 0.245 e. The van der Waals surface area contributed by atoms with E-state index in [1.165, 1.54) is 19.2 Å². The van der Waals surface area contributed by atoms with E-state index in [9.17, 15) is 13.2 Å². The maximum absolute atomic E-state index is 12.6. The van der Waals surface area contributed by atoms with Crippen molar-refractivity contribution >= 4 is 31.9 Å². The Morgan fingerprint density at radius 3 is 2.43 bits per heavy atom. The zero-order valence-corrected chi connectivity index (χ0v) is 14.6. The van der Waals surface area contributed by atoms with Crippen LogP contribution in [0.2, 0.25) is 0 Å². The number of hydrogen-bond donors (Lipinski definition) is 2. The average Bonchev–Trinajstić information content (AvgIpc) is 2.53. The molecule has 0 radical (unpaired) electrons. The first-order valence-corrected chi connectivity index (χ1v) is 8.83. The van der Waals surface area contributed by atoms with Gasteiger partial charge in [-0.2, -0.15) is 4.72 Å². The highest BCUT2D eigenvalue weighted by Crippen LogP contribution is 2.28. The molecule has 2 aromatic carbocycles. The minimum atomic E-state index is -4.02. The molecule has 0 aliphatic heterocycles. The summed E-state index contributed by atoms with van der Waals surface area (Å²) in [5.41, 5.74) is 5.80. The molecule has 0 fully saturated rings. The quantitative estimate of drug-likeness (QED) is 0.776. The van der Waals surface area contributed by atoms with Crippen LogP contribution in [0.4, 0.5) is 0 Å². The number of ether oxygens (including phenoxy) is 1. The lowest BCUT2D eigenvalue weighted by Gasteiger charge is -2.17. The zero-order valence-electron chi connectivity index (χ0n) is 12.2. The Morgan fingerprint density at radius 1 is 1.22 bits per heavy atom. The molecule has 3 N–H and O–H groups in total. The lowest BCUT2D eigenvalue weighted by molar-refractivity contribution is -0.119. The Morgan fingerprint density at radius 2 is 1.87 bits per heavy atom. The number of methoxy groups -OCH3 is 1. The molecule has 0 aliphatic rings. The zero-order chi connectivity index (χ0) is 17.0. The molecule has 6 nitrogen and oxygen atoms in total. The summed E-state index contributed by atoms with van der Waals surface area (Å²) in [7, 11) is -2.66. The van der Waals surface area contributed by atoms with Gasteiger partial charge in [0, 0.05) is 4.47 Å². The summed E-state index contributed by atoms with van der Waals surface area (Å²) in [4.78, 5) is 11.6. The van der Waals surface area contributed by atoms with Gasteiger partial charge in [-0.15, -0.1) is 0 Å². The van der Waals surface area contributed by atoms with Crippen molar-refractivity contribution < 1.29 is 17.9 Å². The second kappa shape index (κ2) is 7.12. The van der Waals surface area contributed by atoms with Crippen molar-refractivity contribution in [3.63, 3.8) is 0 Å². The van der Waals surface area contributed by atoms with Crippen LogP contribution in [-0.4, -0.2) is 21.4 Å². The third kappa shape index (κ3) is 4.10. The summed E-state index contributed by atoms with van der Waals surface area (Å²) in [6.07, 6.45) is 0. The molecular weight excluding hydrogens is 384 g/mol. The van der Waals surface area contributed by atoms with E-state index >= 15 is 0 Å². The number of rotatable bonds is 6. The first kappa shape index (κ1) is 17.5. The summed E-state index contributed by atoms with van der Waals surface area (Å²) in [5, 5.41) is 0. The van der Waals surface area contributed by atoms with Gasteiger partial charge >= 0.3 is 0 Å². The predicted molar refractivity (Wildman–Crippen MR) is 89.4 cm³/mol. The van der Waals surface area contributed by atoms with Crippen molar-refractivity contribution in [1.82, 2.24) is 4.72 Å². The molecule has 0 bridgehead atoms. The van der Waals surface area contributed by atoms with E-state index in [0.29, 0.717) is 10.0 Å². The SMILES string of the molecule is COc1ccc(Br)cc1S(=O)(=O)NC(C(N)=O)c1ccccc1. The summed E-state index contributed by atoms with van der Waals surface area (Å²) >= 11 is 3.22. The van der Waals surface area contributed by atoms with Crippen molar-refractivity contribution in [2.24, 2.45) is 5.73 Å². The van der Waals surface area contributed by atoms with Gasteiger partial charge in [0.2, 0.25) is 15.9 Å². The number of carbonyl (C=O) groups excluding carboxylic acids is 1. The molecule has 23 heavy (non-hydrogen) atoms. The molecule has 0 aromatic heterocycles. The molecule has 1 unspecified atom stereocenters. The fourth-order valence-corrected chi connectivity index (χ4v) is 3.92. The van der Waals surface area contributed by atoms with Gasteiger partial charge in [0.15, 0.2) is 0 Å². The van der Waals surface area contributed by atoms with Crippen LogP contribution in [0.1, 0.15) is 11.6 Å². The Kier molecular flexibility index (Phi) is 5.40. The van der Waals surface area contributed by atoms with E-state index in [4.69, 9.17) is 10.5 Å². The number of nitrogens with two attached hydrogens (primary N) is 1. The third-order valence-corrected chi connectivity index (χ3v) is 5.04. The van der Waals surface area contributed by atoms with Gasteiger partial charge in [-0.3, -0.25) is 4.79 Å². The van der Waals surface area contributed by atoms with E-state index in [0.717, 1.165) is 0 Å². The van der Waals surface area contributed by atoms with Crippen LogP contribution in [0.5, 0.6) is 5.75 Å². The van der Waals surface area contributed by atoms with Crippen LogP contribution in [0.25, 0.3) is 0 Å². The van der Waals surface area contributed by atoms with Crippen LogP contribution < -0.4 is 15.2 Å². The number of nitrogens with one attached hydrogen (secondary N) is 1. The Bertz CT molecular complexity index is 809. The number of sulfonamides is 1. The molecule has 0 saturated heterocycles. The third-order valence-electron chi connectivity index (χ3n) is 3.11. The van der Waals surface area contributed by atoms with Gasteiger partial charge in [0.25, 0.3) is 0 Å².